The first-order valence-corrected chi connectivity index (χ1v) is 6.82. The fourth-order valence-corrected chi connectivity index (χ4v) is 2.85. The largest absolute Gasteiger partial charge is 0.467 e. The second-order valence-electron chi connectivity index (χ2n) is 4.31. The van der Waals surface area contributed by atoms with E-state index < -0.39 is 0 Å². The Morgan fingerprint density at radius 2 is 2.35 bits per heavy atom. The maximum absolute atomic E-state index is 12.3. The lowest BCUT2D eigenvalue weighted by atomic mass is 10.2. The molecule has 3 rings (SSSR count). The van der Waals surface area contributed by atoms with Crippen LogP contribution in [0.3, 0.4) is 0 Å². The highest BCUT2D eigenvalue weighted by atomic mass is 32.1. The first-order valence-electron chi connectivity index (χ1n) is 6.00. The summed E-state index contributed by atoms with van der Waals surface area (Å²) >= 11 is 1.23. The van der Waals surface area contributed by atoms with Gasteiger partial charge in [0.15, 0.2) is 0 Å². The third kappa shape index (κ3) is 2.12. The number of nitrogens with zero attached hydrogens (tertiary/aromatic N) is 2. The number of furan rings is 1. The molecule has 0 aromatic carbocycles. The van der Waals surface area contributed by atoms with E-state index in [1.54, 1.807) is 24.6 Å². The van der Waals surface area contributed by atoms with Crippen molar-refractivity contribution in [1.82, 2.24) is 15.5 Å². The van der Waals surface area contributed by atoms with Crippen molar-refractivity contribution in [2.75, 3.05) is 5.73 Å². The fraction of sp³-hybridized carbons (Fsp3) is 0.154. The number of rotatable bonds is 3. The molecule has 1 amide bonds. The number of nitrogens with two attached hydrogens (primary N) is 1. The van der Waals surface area contributed by atoms with Crippen LogP contribution in [-0.2, 0) is 0 Å². The van der Waals surface area contributed by atoms with Crippen LogP contribution in [0.2, 0.25) is 0 Å². The van der Waals surface area contributed by atoms with E-state index in [1.165, 1.54) is 11.3 Å². The van der Waals surface area contributed by atoms with Gasteiger partial charge in [0.25, 0.3) is 5.91 Å². The molecular weight excluding hydrogens is 276 g/mol. The molecule has 3 aromatic heterocycles. The lowest BCUT2D eigenvalue weighted by molar-refractivity contribution is 0.0940. The Morgan fingerprint density at radius 1 is 1.50 bits per heavy atom. The number of nitrogens with one attached hydrogen (secondary N) is 1. The van der Waals surface area contributed by atoms with Crippen LogP contribution in [0, 0.1) is 0 Å². The molecule has 20 heavy (non-hydrogen) atoms. The lowest BCUT2D eigenvalue weighted by Crippen LogP contribution is -2.26. The molecule has 0 spiro atoms. The van der Waals surface area contributed by atoms with Gasteiger partial charge in [-0.3, -0.25) is 4.79 Å². The minimum Gasteiger partial charge on any atom is -0.467 e. The summed E-state index contributed by atoms with van der Waals surface area (Å²) in [6, 6.07) is 5.11. The molecule has 3 aromatic rings. The lowest BCUT2D eigenvalue weighted by Gasteiger charge is -2.10. The predicted octanol–water partition coefficient (Wildman–Crippen LogP) is 2.36. The van der Waals surface area contributed by atoms with E-state index in [0.717, 1.165) is 5.39 Å². The number of amides is 1. The Morgan fingerprint density at radius 3 is 3.05 bits per heavy atom. The third-order valence-corrected chi connectivity index (χ3v) is 4.05. The summed E-state index contributed by atoms with van der Waals surface area (Å²) in [6.45, 7) is 1.85. The standard InChI is InChI=1S/C13H12N4O2S/c1-7(9-3-2-6-19-9)16-12(18)11-10(14)8-4-5-15-17-13(8)20-11/h2-7H,14H2,1H3,(H,16,18). The van der Waals surface area contributed by atoms with Crippen LogP contribution in [0.4, 0.5) is 5.69 Å². The van der Waals surface area contributed by atoms with Crippen LogP contribution < -0.4 is 11.1 Å². The number of carbonyl (C=O) groups excluding carboxylic acids is 1. The van der Waals surface area contributed by atoms with Crippen LogP contribution in [0.5, 0.6) is 0 Å². The topological polar surface area (TPSA) is 94.0 Å². The molecule has 0 aliphatic rings. The Balaban J connectivity index is 1.87. The zero-order chi connectivity index (χ0) is 14.1. The number of carbonyl (C=O) groups is 1. The molecule has 0 fully saturated rings. The van der Waals surface area contributed by atoms with E-state index in [4.69, 9.17) is 10.2 Å². The van der Waals surface area contributed by atoms with Crippen LogP contribution >= 0.6 is 11.3 Å². The third-order valence-electron chi connectivity index (χ3n) is 2.94. The SMILES string of the molecule is CC(NC(=O)c1sc2nnccc2c1N)c1ccco1. The molecule has 1 atom stereocenters. The molecule has 0 saturated carbocycles. The molecule has 0 aliphatic carbocycles. The highest BCUT2D eigenvalue weighted by Gasteiger charge is 2.20. The number of hydrogen-bond acceptors (Lipinski definition) is 6. The second kappa shape index (κ2) is 4.93. The number of hydrogen-bond donors (Lipinski definition) is 2. The molecule has 7 heteroatoms. The normalized spacial score (nSPS) is 12.4. The van der Waals surface area contributed by atoms with Gasteiger partial charge in [-0.15, -0.1) is 16.4 Å². The maximum Gasteiger partial charge on any atom is 0.264 e. The van der Waals surface area contributed by atoms with Gasteiger partial charge >= 0.3 is 0 Å². The minimum absolute atomic E-state index is 0.229. The molecule has 102 valence electrons. The molecule has 0 radical (unpaired) electrons. The Labute approximate surface area is 118 Å². The number of nitrogen functional groups attached to an aromatic ring is 1. The molecule has 3 heterocycles. The van der Waals surface area contributed by atoms with Gasteiger partial charge < -0.3 is 15.5 Å². The van der Waals surface area contributed by atoms with Crippen molar-refractivity contribution in [3.05, 3.63) is 41.3 Å². The van der Waals surface area contributed by atoms with Gasteiger partial charge in [0, 0.05) is 5.39 Å². The predicted molar refractivity (Wildman–Crippen MR) is 76.4 cm³/mol. The highest BCUT2D eigenvalue weighted by molar-refractivity contribution is 7.21. The van der Waals surface area contributed by atoms with Crippen LogP contribution in [0.15, 0.2) is 35.1 Å². The summed E-state index contributed by atoms with van der Waals surface area (Å²) in [5.41, 5.74) is 6.43. The Kier molecular flexibility index (Phi) is 3.11. The van der Waals surface area contributed by atoms with Gasteiger partial charge in [0.2, 0.25) is 0 Å². The number of thiophene rings is 1. The van der Waals surface area contributed by atoms with Gasteiger partial charge in [0.1, 0.15) is 15.5 Å². The second-order valence-corrected chi connectivity index (χ2v) is 5.30. The van der Waals surface area contributed by atoms with Crippen molar-refractivity contribution in [2.24, 2.45) is 0 Å². The van der Waals surface area contributed by atoms with E-state index in [-0.39, 0.29) is 11.9 Å². The van der Waals surface area contributed by atoms with Crippen molar-refractivity contribution in [3.8, 4) is 0 Å². The van der Waals surface area contributed by atoms with E-state index in [0.29, 0.717) is 21.2 Å². The van der Waals surface area contributed by atoms with Gasteiger partial charge in [-0.05, 0) is 25.1 Å². The van der Waals surface area contributed by atoms with Crippen molar-refractivity contribution in [1.29, 1.82) is 0 Å². The number of fused-ring (bicyclic) bond motifs is 1. The quantitative estimate of drug-likeness (QED) is 0.771. The number of anilines is 1. The molecule has 1 unspecified atom stereocenters. The van der Waals surface area contributed by atoms with Crippen LogP contribution in [0.25, 0.3) is 10.2 Å². The summed E-state index contributed by atoms with van der Waals surface area (Å²) in [6.07, 6.45) is 3.12. The average molecular weight is 288 g/mol. The van der Waals surface area contributed by atoms with E-state index >= 15 is 0 Å². The van der Waals surface area contributed by atoms with Gasteiger partial charge in [0.05, 0.1) is 24.2 Å². The first-order chi connectivity index (χ1) is 9.66. The summed E-state index contributed by atoms with van der Waals surface area (Å²) < 4.78 is 5.26. The molecule has 3 N–H and O–H groups in total. The summed E-state index contributed by atoms with van der Waals surface area (Å²) in [7, 11) is 0. The van der Waals surface area contributed by atoms with Gasteiger partial charge in [-0.2, -0.15) is 5.10 Å². The van der Waals surface area contributed by atoms with Crippen molar-refractivity contribution < 1.29 is 9.21 Å². The monoisotopic (exact) mass is 288 g/mol. The molecule has 0 bridgehead atoms. The van der Waals surface area contributed by atoms with Gasteiger partial charge in [-0.25, -0.2) is 0 Å². The Hall–Kier alpha value is -2.41. The molecular formula is C13H12N4O2S. The zero-order valence-electron chi connectivity index (χ0n) is 10.7. The average Bonchev–Trinajstić information content (AvgIpc) is 3.07. The van der Waals surface area contributed by atoms with Gasteiger partial charge in [-0.1, -0.05) is 0 Å². The van der Waals surface area contributed by atoms with Crippen molar-refractivity contribution in [2.45, 2.75) is 13.0 Å². The summed E-state index contributed by atoms with van der Waals surface area (Å²) in [5.74, 6) is 0.451. The fourth-order valence-electron chi connectivity index (χ4n) is 1.91. The van der Waals surface area contributed by atoms with Crippen molar-refractivity contribution >= 4 is 33.1 Å². The van der Waals surface area contributed by atoms with Crippen LogP contribution in [-0.4, -0.2) is 16.1 Å². The first kappa shape index (κ1) is 12.6. The van der Waals surface area contributed by atoms with E-state index in [9.17, 15) is 4.79 Å². The van der Waals surface area contributed by atoms with Crippen molar-refractivity contribution in [3.63, 3.8) is 0 Å². The van der Waals surface area contributed by atoms with E-state index in [2.05, 4.69) is 15.5 Å². The maximum atomic E-state index is 12.3. The smallest absolute Gasteiger partial charge is 0.264 e. The molecule has 0 saturated heterocycles. The van der Waals surface area contributed by atoms with Crippen LogP contribution in [0.1, 0.15) is 28.4 Å². The molecule has 6 nitrogen and oxygen atoms in total. The minimum atomic E-state index is -0.241. The zero-order valence-corrected chi connectivity index (χ0v) is 11.5. The molecule has 0 aliphatic heterocycles. The number of aromatic nitrogens is 2. The summed E-state index contributed by atoms with van der Waals surface area (Å²) in [5, 5.41) is 11.4. The van der Waals surface area contributed by atoms with E-state index in [1.807, 2.05) is 13.0 Å². The highest BCUT2D eigenvalue weighted by Crippen LogP contribution is 2.31. The summed E-state index contributed by atoms with van der Waals surface area (Å²) in [4.78, 5) is 13.4. The Bertz CT molecular complexity index is 751.